The molecule has 2 N–H and O–H groups in total. The van der Waals surface area contributed by atoms with Gasteiger partial charge in [0.05, 0.1) is 28.8 Å². The predicted molar refractivity (Wildman–Crippen MR) is 77.3 cm³/mol. The number of sulfone groups is 1. The lowest BCUT2D eigenvalue weighted by Crippen LogP contribution is -2.41. The summed E-state index contributed by atoms with van der Waals surface area (Å²) < 4.78 is 31.2. The van der Waals surface area contributed by atoms with Crippen molar-refractivity contribution >= 4 is 32.6 Å². The maximum atomic E-state index is 11.4. The van der Waals surface area contributed by atoms with E-state index in [0.717, 1.165) is 16.6 Å². The smallest absolute Gasteiger partial charge is 0.153 e. The van der Waals surface area contributed by atoms with E-state index < -0.39 is 15.4 Å². The van der Waals surface area contributed by atoms with Crippen LogP contribution in [0.5, 0.6) is 0 Å². The van der Waals surface area contributed by atoms with Crippen molar-refractivity contribution in [2.45, 2.75) is 18.6 Å². The van der Waals surface area contributed by atoms with Crippen molar-refractivity contribution in [3.63, 3.8) is 0 Å². The molecule has 2 heterocycles. The Hall–Kier alpha value is -1.09. The van der Waals surface area contributed by atoms with Crippen molar-refractivity contribution in [1.29, 1.82) is 0 Å². The molecule has 8 heteroatoms. The highest BCUT2D eigenvalue weighted by atomic mass is 32.2. The molecule has 1 fully saturated rings. The molecule has 0 bridgehead atoms. The Morgan fingerprint density at radius 2 is 2.25 bits per heavy atom. The predicted octanol–water partition coefficient (Wildman–Crippen LogP) is 0.330. The van der Waals surface area contributed by atoms with Crippen LogP contribution in [-0.4, -0.2) is 45.9 Å². The van der Waals surface area contributed by atoms with Gasteiger partial charge in [-0.15, -0.1) is 0 Å². The van der Waals surface area contributed by atoms with Crippen LogP contribution in [0.1, 0.15) is 12.0 Å². The first-order valence-corrected chi connectivity index (χ1v) is 8.86. The second-order valence-electron chi connectivity index (χ2n) is 5.22. The molecule has 1 aliphatic heterocycles. The van der Waals surface area contributed by atoms with Gasteiger partial charge in [0.2, 0.25) is 0 Å². The lowest BCUT2D eigenvalue weighted by Gasteiger charge is -2.21. The van der Waals surface area contributed by atoms with Crippen molar-refractivity contribution in [3.8, 4) is 0 Å². The van der Waals surface area contributed by atoms with E-state index in [0.29, 0.717) is 13.0 Å². The van der Waals surface area contributed by atoms with Gasteiger partial charge < -0.3 is 10.4 Å². The second kappa shape index (κ2) is 5.03. The van der Waals surface area contributed by atoms with E-state index in [1.54, 1.807) is 0 Å². The fraction of sp³-hybridized carbons (Fsp3) is 0.500. The van der Waals surface area contributed by atoms with Crippen LogP contribution < -0.4 is 5.32 Å². The van der Waals surface area contributed by atoms with Gasteiger partial charge in [-0.05, 0) is 18.1 Å². The topological polar surface area (TPSA) is 92.2 Å². The summed E-state index contributed by atoms with van der Waals surface area (Å²) >= 11 is 1.17. The molecule has 1 unspecified atom stereocenters. The largest absolute Gasteiger partial charge is 0.387 e. The normalized spacial score (nSPS) is 25.2. The summed E-state index contributed by atoms with van der Waals surface area (Å²) in [6.07, 6.45) is 0.296. The fourth-order valence-corrected chi connectivity index (χ4v) is 4.94. The molecule has 0 spiro atoms. The number of aliphatic hydroxyl groups is 1. The van der Waals surface area contributed by atoms with Gasteiger partial charge in [0.25, 0.3) is 0 Å². The molecule has 2 aromatic rings. The van der Waals surface area contributed by atoms with Crippen LogP contribution in [0.25, 0.3) is 11.0 Å². The lowest BCUT2D eigenvalue weighted by atomic mass is 10.0. The SMILES string of the molecule is O=S1(=O)CCC(O)(CNCc2cccc3nsnc23)C1. The third kappa shape index (κ3) is 2.83. The Morgan fingerprint density at radius 3 is 3.00 bits per heavy atom. The van der Waals surface area contributed by atoms with Gasteiger partial charge in [-0.25, -0.2) is 8.42 Å². The summed E-state index contributed by atoms with van der Waals surface area (Å²) in [5, 5.41) is 13.3. The summed E-state index contributed by atoms with van der Waals surface area (Å²) in [7, 11) is -3.09. The van der Waals surface area contributed by atoms with Crippen LogP contribution in [0.4, 0.5) is 0 Å². The number of hydrogen-bond acceptors (Lipinski definition) is 7. The van der Waals surface area contributed by atoms with Crippen LogP contribution in [0.2, 0.25) is 0 Å². The molecule has 1 saturated heterocycles. The van der Waals surface area contributed by atoms with Gasteiger partial charge in [-0.1, -0.05) is 12.1 Å². The molecule has 20 heavy (non-hydrogen) atoms. The summed E-state index contributed by atoms with van der Waals surface area (Å²) in [6.45, 7) is 0.797. The first-order chi connectivity index (χ1) is 9.48. The van der Waals surface area contributed by atoms with Crippen molar-refractivity contribution in [2.24, 2.45) is 0 Å². The third-order valence-electron chi connectivity index (χ3n) is 3.51. The van der Waals surface area contributed by atoms with Gasteiger partial charge in [-0.2, -0.15) is 8.75 Å². The van der Waals surface area contributed by atoms with E-state index in [2.05, 4.69) is 14.1 Å². The minimum atomic E-state index is -3.09. The summed E-state index contributed by atoms with van der Waals surface area (Å²) in [4.78, 5) is 0. The first-order valence-electron chi connectivity index (χ1n) is 6.31. The zero-order valence-corrected chi connectivity index (χ0v) is 12.4. The number of nitrogens with zero attached hydrogens (tertiary/aromatic N) is 2. The molecule has 0 amide bonds. The Bertz CT molecular complexity index is 728. The molecule has 108 valence electrons. The van der Waals surface area contributed by atoms with Gasteiger partial charge in [0.1, 0.15) is 11.0 Å². The highest BCUT2D eigenvalue weighted by molar-refractivity contribution is 7.91. The Morgan fingerprint density at radius 1 is 1.40 bits per heavy atom. The summed E-state index contributed by atoms with van der Waals surface area (Å²) in [6, 6.07) is 5.76. The minimum Gasteiger partial charge on any atom is -0.387 e. The van der Waals surface area contributed by atoms with E-state index in [4.69, 9.17) is 0 Å². The van der Waals surface area contributed by atoms with Crippen molar-refractivity contribution in [3.05, 3.63) is 23.8 Å². The highest BCUT2D eigenvalue weighted by Crippen LogP contribution is 2.23. The standard InChI is InChI=1S/C12H15N3O3S2/c16-12(4-5-20(17,18)8-12)7-13-6-9-2-1-3-10-11(9)15-19-14-10/h1-3,13,16H,4-8H2. The number of nitrogens with one attached hydrogen (secondary N) is 1. The monoisotopic (exact) mass is 313 g/mol. The number of rotatable bonds is 4. The van der Waals surface area contributed by atoms with Crippen molar-refractivity contribution in [2.75, 3.05) is 18.1 Å². The van der Waals surface area contributed by atoms with Gasteiger partial charge in [0.15, 0.2) is 9.84 Å². The average molecular weight is 313 g/mol. The fourth-order valence-electron chi connectivity index (χ4n) is 2.47. The number of aromatic nitrogens is 2. The quantitative estimate of drug-likeness (QED) is 0.845. The first kappa shape index (κ1) is 13.9. The molecule has 0 saturated carbocycles. The Balaban J connectivity index is 1.65. The second-order valence-corrected chi connectivity index (χ2v) is 7.93. The number of hydrogen-bond donors (Lipinski definition) is 2. The molecule has 0 aliphatic carbocycles. The third-order valence-corrected chi connectivity index (χ3v) is 5.85. The zero-order valence-electron chi connectivity index (χ0n) is 10.7. The van der Waals surface area contributed by atoms with Crippen molar-refractivity contribution in [1.82, 2.24) is 14.1 Å². The minimum absolute atomic E-state index is 0.0662. The molecule has 1 aromatic carbocycles. The van der Waals surface area contributed by atoms with Crippen LogP contribution in [0.3, 0.4) is 0 Å². The molecule has 3 rings (SSSR count). The van der Waals surface area contributed by atoms with Gasteiger partial charge in [0, 0.05) is 13.1 Å². The molecule has 1 aliphatic rings. The number of benzene rings is 1. The van der Waals surface area contributed by atoms with Crippen LogP contribution in [0, 0.1) is 0 Å². The maximum Gasteiger partial charge on any atom is 0.153 e. The van der Waals surface area contributed by atoms with Crippen LogP contribution >= 0.6 is 11.7 Å². The molecule has 0 radical (unpaired) electrons. The Kier molecular flexibility index (Phi) is 3.49. The molecule has 6 nitrogen and oxygen atoms in total. The average Bonchev–Trinajstić information content (AvgIpc) is 2.95. The number of fused-ring (bicyclic) bond motifs is 1. The summed E-state index contributed by atoms with van der Waals surface area (Å²) in [5.41, 5.74) is 1.57. The van der Waals surface area contributed by atoms with Gasteiger partial charge in [-0.3, -0.25) is 0 Å². The van der Waals surface area contributed by atoms with E-state index >= 15 is 0 Å². The molecular formula is C12H15N3O3S2. The highest BCUT2D eigenvalue weighted by Gasteiger charge is 2.40. The molecule has 1 atom stereocenters. The van der Waals surface area contributed by atoms with E-state index in [-0.39, 0.29) is 18.1 Å². The van der Waals surface area contributed by atoms with Crippen LogP contribution in [-0.2, 0) is 16.4 Å². The molecular weight excluding hydrogens is 298 g/mol. The van der Waals surface area contributed by atoms with Crippen molar-refractivity contribution < 1.29 is 13.5 Å². The lowest BCUT2D eigenvalue weighted by molar-refractivity contribution is 0.0670. The Labute approximate surface area is 121 Å². The van der Waals surface area contributed by atoms with E-state index in [1.807, 2.05) is 18.2 Å². The van der Waals surface area contributed by atoms with Crippen LogP contribution in [0.15, 0.2) is 18.2 Å². The van der Waals surface area contributed by atoms with E-state index in [1.165, 1.54) is 11.7 Å². The van der Waals surface area contributed by atoms with E-state index in [9.17, 15) is 13.5 Å². The van der Waals surface area contributed by atoms with Gasteiger partial charge >= 0.3 is 0 Å². The summed E-state index contributed by atoms with van der Waals surface area (Å²) in [5.74, 6) is -0.0910. The zero-order chi connectivity index (χ0) is 14.2. The molecule has 1 aromatic heterocycles. The maximum absolute atomic E-state index is 11.4.